The molecule has 0 aliphatic carbocycles. The number of benzene rings is 2. The second-order valence-corrected chi connectivity index (χ2v) is 9.32. The number of amides is 2. The molecule has 0 aromatic heterocycles. The van der Waals surface area contributed by atoms with Gasteiger partial charge in [-0.05, 0) is 48.6 Å². The molecule has 2 amide bonds. The lowest BCUT2D eigenvalue weighted by Crippen LogP contribution is -2.22. The van der Waals surface area contributed by atoms with Gasteiger partial charge in [0.1, 0.15) is 0 Å². The Hall–Kier alpha value is -3.28. The molecular formula is C28H38N4O2. The van der Waals surface area contributed by atoms with Gasteiger partial charge in [0.05, 0.1) is 11.4 Å². The molecular weight excluding hydrogens is 424 g/mol. The SMILES string of the molecule is CC(C)C/C(=N\NC(=O)CCCCC(=O)N/N=C(\CC(C)C)c1ccccc1)c1ccccc1. The number of hydrogen-bond acceptors (Lipinski definition) is 4. The minimum Gasteiger partial charge on any atom is -0.273 e. The fourth-order valence-corrected chi connectivity index (χ4v) is 3.43. The van der Waals surface area contributed by atoms with Gasteiger partial charge in [-0.1, -0.05) is 88.4 Å². The summed E-state index contributed by atoms with van der Waals surface area (Å²) < 4.78 is 0. The summed E-state index contributed by atoms with van der Waals surface area (Å²) in [6, 6.07) is 19.8. The maximum Gasteiger partial charge on any atom is 0.240 e. The Balaban J connectivity index is 1.78. The molecule has 2 aromatic carbocycles. The van der Waals surface area contributed by atoms with E-state index in [-0.39, 0.29) is 11.8 Å². The van der Waals surface area contributed by atoms with Gasteiger partial charge in [-0.15, -0.1) is 0 Å². The van der Waals surface area contributed by atoms with Crippen molar-refractivity contribution in [2.75, 3.05) is 0 Å². The lowest BCUT2D eigenvalue weighted by molar-refractivity contribution is -0.123. The molecule has 0 spiro atoms. The smallest absolute Gasteiger partial charge is 0.240 e. The average Bonchev–Trinajstić information content (AvgIpc) is 2.82. The molecule has 0 saturated carbocycles. The van der Waals surface area contributed by atoms with E-state index >= 15 is 0 Å². The Morgan fingerprint density at radius 3 is 1.32 bits per heavy atom. The van der Waals surface area contributed by atoms with Crippen LogP contribution in [0.5, 0.6) is 0 Å². The second kappa shape index (κ2) is 14.8. The summed E-state index contributed by atoms with van der Waals surface area (Å²) in [5.41, 5.74) is 9.13. The molecule has 2 aromatic rings. The zero-order chi connectivity index (χ0) is 24.8. The third kappa shape index (κ3) is 10.6. The first-order valence-corrected chi connectivity index (χ1v) is 12.2. The topological polar surface area (TPSA) is 82.9 Å². The van der Waals surface area contributed by atoms with Crippen molar-refractivity contribution in [3.05, 3.63) is 71.8 Å². The van der Waals surface area contributed by atoms with Gasteiger partial charge in [0.25, 0.3) is 0 Å². The predicted molar refractivity (Wildman–Crippen MR) is 140 cm³/mol. The van der Waals surface area contributed by atoms with E-state index in [1.54, 1.807) is 0 Å². The standard InChI is InChI=1S/C28H38N4O2/c1-21(2)19-25(23-13-7-5-8-14-23)29-31-27(33)17-11-12-18-28(34)32-30-26(20-22(3)4)24-15-9-6-10-16-24/h5-10,13-16,21-22H,11-12,17-20H2,1-4H3,(H,31,33)(H,32,34)/b29-25+,30-26+. The first-order valence-electron chi connectivity index (χ1n) is 12.2. The normalized spacial score (nSPS) is 12.2. The molecule has 0 unspecified atom stereocenters. The maximum atomic E-state index is 12.2. The summed E-state index contributed by atoms with van der Waals surface area (Å²) in [6.45, 7) is 8.50. The van der Waals surface area contributed by atoms with Crippen LogP contribution in [0.4, 0.5) is 0 Å². The number of nitrogens with one attached hydrogen (secondary N) is 2. The molecule has 2 N–H and O–H groups in total. The van der Waals surface area contributed by atoms with Crippen LogP contribution in [0.25, 0.3) is 0 Å². The first kappa shape index (κ1) is 27.0. The Morgan fingerprint density at radius 2 is 1.00 bits per heavy atom. The Kier molecular flexibility index (Phi) is 11.7. The molecule has 0 radical (unpaired) electrons. The van der Waals surface area contributed by atoms with Gasteiger partial charge >= 0.3 is 0 Å². The van der Waals surface area contributed by atoms with E-state index in [1.807, 2.05) is 60.7 Å². The minimum atomic E-state index is -0.140. The third-order valence-electron chi connectivity index (χ3n) is 5.11. The van der Waals surface area contributed by atoms with Crippen molar-refractivity contribution in [1.29, 1.82) is 0 Å². The van der Waals surface area contributed by atoms with Crippen molar-refractivity contribution in [1.82, 2.24) is 10.9 Å². The lowest BCUT2D eigenvalue weighted by atomic mass is 10.0. The molecule has 6 nitrogen and oxygen atoms in total. The quantitative estimate of drug-likeness (QED) is 0.228. The number of carbonyl (C=O) groups is 2. The van der Waals surface area contributed by atoms with Crippen molar-refractivity contribution in [2.45, 2.75) is 66.2 Å². The van der Waals surface area contributed by atoms with Gasteiger partial charge in [-0.2, -0.15) is 10.2 Å². The number of hydrazone groups is 2. The molecule has 0 saturated heterocycles. The minimum absolute atomic E-state index is 0.140. The highest BCUT2D eigenvalue weighted by molar-refractivity contribution is 6.01. The number of rotatable bonds is 13. The summed E-state index contributed by atoms with van der Waals surface area (Å²) in [5, 5.41) is 8.74. The van der Waals surface area contributed by atoms with Gasteiger partial charge in [0.15, 0.2) is 0 Å². The van der Waals surface area contributed by atoms with Gasteiger partial charge in [0.2, 0.25) is 11.8 Å². The molecule has 0 heterocycles. The van der Waals surface area contributed by atoms with Crippen LogP contribution in [0.2, 0.25) is 0 Å². The van der Waals surface area contributed by atoms with E-state index in [0.717, 1.165) is 35.4 Å². The summed E-state index contributed by atoms with van der Waals surface area (Å²) in [5.74, 6) is 0.581. The van der Waals surface area contributed by atoms with E-state index in [9.17, 15) is 9.59 Å². The van der Waals surface area contributed by atoms with Gasteiger partial charge < -0.3 is 0 Å². The van der Waals surface area contributed by atoms with Crippen LogP contribution in [-0.4, -0.2) is 23.2 Å². The van der Waals surface area contributed by atoms with Crippen LogP contribution in [0, 0.1) is 11.8 Å². The third-order valence-corrected chi connectivity index (χ3v) is 5.11. The van der Waals surface area contributed by atoms with Crippen LogP contribution in [-0.2, 0) is 9.59 Å². The average molecular weight is 463 g/mol. The van der Waals surface area contributed by atoms with E-state index in [4.69, 9.17) is 0 Å². The van der Waals surface area contributed by atoms with E-state index in [2.05, 4.69) is 48.7 Å². The van der Waals surface area contributed by atoms with E-state index < -0.39 is 0 Å². The van der Waals surface area contributed by atoms with Gasteiger partial charge in [0, 0.05) is 12.8 Å². The molecule has 0 atom stereocenters. The number of carbonyl (C=O) groups excluding carboxylic acids is 2. The highest BCUT2D eigenvalue weighted by atomic mass is 16.2. The molecule has 0 fully saturated rings. The Morgan fingerprint density at radius 1 is 0.647 bits per heavy atom. The molecule has 0 aliphatic heterocycles. The monoisotopic (exact) mass is 462 g/mol. The summed E-state index contributed by atoms with van der Waals surface area (Å²) in [6.07, 6.45) is 3.44. The second-order valence-electron chi connectivity index (χ2n) is 9.32. The first-order chi connectivity index (χ1) is 16.3. The van der Waals surface area contributed by atoms with E-state index in [0.29, 0.717) is 37.5 Å². The predicted octanol–water partition coefficient (Wildman–Crippen LogP) is 5.68. The number of unbranched alkanes of at least 4 members (excludes halogenated alkanes) is 1. The van der Waals surface area contributed by atoms with Crippen LogP contribution >= 0.6 is 0 Å². The maximum absolute atomic E-state index is 12.2. The van der Waals surface area contributed by atoms with Crippen molar-refractivity contribution < 1.29 is 9.59 Å². The highest BCUT2D eigenvalue weighted by Crippen LogP contribution is 2.11. The number of nitrogens with zero attached hydrogens (tertiary/aromatic N) is 2. The molecule has 0 aliphatic rings. The molecule has 182 valence electrons. The van der Waals surface area contributed by atoms with Crippen molar-refractivity contribution in [3.8, 4) is 0 Å². The van der Waals surface area contributed by atoms with Crippen LogP contribution < -0.4 is 10.9 Å². The zero-order valence-electron chi connectivity index (χ0n) is 20.9. The Bertz CT molecular complexity index is 871. The fraction of sp³-hybridized carbons (Fsp3) is 0.429. The lowest BCUT2D eigenvalue weighted by Gasteiger charge is -2.10. The molecule has 6 heteroatoms. The van der Waals surface area contributed by atoms with E-state index in [1.165, 1.54) is 0 Å². The zero-order valence-corrected chi connectivity index (χ0v) is 20.9. The van der Waals surface area contributed by atoms with Crippen molar-refractivity contribution in [2.24, 2.45) is 22.0 Å². The summed E-state index contributed by atoms with van der Waals surface area (Å²) in [7, 11) is 0. The van der Waals surface area contributed by atoms with Crippen LogP contribution in [0.15, 0.2) is 70.9 Å². The number of hydrogen-bond donors (Lipinski definition) is 2. The molecule has 2 rings (SSSR count). The van der Waals surface area contributed by atoms with Crippen LogP contribution in [0.1, 0.15) is 77.3 Å². The molecule has 34 heavy (non-hydrogen) atoms. The van der Waals surface area contributed by atoms with Crippen molar-refractivity contribution in [3.63, 3.8) is 0 Å². The summed E-state index contributed by atoms with van der Waals surface area (Å²) >= 11 is 0. The summed E-state index contributed by atoms with van der Waals surface area (Å²) in [4.78, 5) is 24.5. The van der Waals surface area contributed by atoms with Crippen molar-refractivity contribution >= 4 is 23.2 Å². The molecule has 0 bridgehead atoms. The highest BCUT2D eigenvalue weighted by Gasteiger charge is 2.10. The largest absolute Gasteiger partial charge is 0.273 e. The fourth-order valence-electron chi connectivity index (χ4n) is 3.43. The van der Waals surface area contributed by atoms with Gasteiger partial charge in [-0.25, -0.2) is 10.9 Å². The Labute approximate surface area is 203 Å². The van der Waals surface area contributed by atoms with Crippen LogP contribution in [0.3, 0.4) is 0 Å². The van der Waals surface area contributed by atoms with Gasteiger partial charge in [-0.3, -0.25) is 9.59 Å².